The number of benzene rings is 2. The van der Waals surface area contributed by atoms with E-state index >= 15 is 0 Å². The standard InChI is InChI=1S/C24H23BrN6O3/c1-14(29-21(32)13-22(33)30-17-5-2-15(3-6-17)23(26)27)16-4-7-19(20(25)12-16)24(34)31-18-8-10-28-11-9-18/h2-12,14H,13H2,1H3,(H3,26,27)(H,29,32)(H,30,33)(H,28,31,34). The van der Waals surface area contributed by atoms with E-state index in [0.29, 0.717) is 27.0 Å². The van der Waals surface area contributed by atoms with Crippen LogP contribution in [0.5, 0.6) is 0 Å². The molecule has 174 valence electrons. The van der Waals surface area contributed by atoms with Crippen LogP contribution in [0.2, 0.25) is 0 Å². The van der Waals surface area contributed by atoms with Gasteiger partial charge in [0.15, 0.2) is 0 Å². The van der Waals surface area contributed by atoms with Gasteiger partial charge >= 0.3 is 0 Å². The smallest absolute Gasteiger partial charge is 0.256 e. The van der Waals surface area contributed by atoms with Gasteiger partial charge in [-0.3, -0.25) is 24.8 Å². The second-order valence-electron chi connectivity index (χ2n) is 7.43. The normalized spacial score (nSPS) is 11.2. The van der Waals surface area contributed by atoms with Gasteiger partial charge in [0.25, 0.3) is 5.91 Å². The zero-order valence-electron chi connectivity index (χ0n) is 18.3. The molecule has 0 saturated carbocycles. The van der Waals surface area contributed by atoms with Crippen LogP contribution in [0.1, 0.15) is 40.9 Å². The summed E-state index contributed by atoms with van der Waals surface area (Å²) in [7, 11) is 0. The number of carbonyl (C=O) groups excluding carboxylic acids is 3. The van der Waals surface area contributed by atoms with E-state index in [0.717, 1.165) is 5.56 Å². The van der Waals surface area contributed by atoms with Gasteiger partial charge in [0.05, 0.1) is 11.6 Å². The van der Waals surface area contributed by atoms with Crippen molar-refractivity contribution in [2.45, 2.75) is 19.4 Å². The number of amidine groups is 1. The van der Waals surface area contributed by atoms with Crippen LogP contribution < -0.4 is 21.7 Å². The molecule has 9 nitrogen and oxygen atoms in total. The van der Waals surface area contributed by atoms with E-state index in [4.69, 9.17) is 11.1 Å². The third-order valence-corrected chi connectivity index (χ3v) is 5.51. The molecule has 34 heavy (non-hydrogen) atoms. The molecule has 1 atom stereocenters. The number of aromatic nitrogens is 1. The Hall–Kier alpha value is -4.05. The largest absolute Gasteiger partial charge is 0.384 e. The number of halogens is 1. The predicted molar refractivity (Wildman–Crippen MR) is 134 cm³/mol. The number of hydrogen-bond acceptors (Lipinski definition) is 5. The minimum atomic E-state index is -0.468. The SMILES string of the molecule is CC(NC(=O)CC(=O)Nc1ccc(C(=N)N)cc1)c1ccc(C(=O)Nc2ccncc2)c(Br)c1. The molecule has 1 unspecified atom stereocenters. The van der Waals surface area contributed by atoms with Gasteiger partial charge in [-0.05, 0) is 76.9 Å². The Labute approximate surface area is 204 Å². The molecule has 0 aliphatic heterocycles. The summed E-state index contributed by atoms with van der Waals surface area (Å²) in [6, 6.07) is 14.6. The highest BCUT2D eigenvalue weighted by Crippen LogP contribution is 2.23. The van der Waals surface area contributed by atoms with Crippen LogP contribution in [-0.2, 0) is 9.59 Å². The van der Waals surface area contributed by atoms with Crippen LogP contribution in [0, 0.1) is 5.41 Å². The average molecular weight is 523 g/mol. The summed E-state index contributed by atoms with van der Waals surface area (Å²) in [4.78, 5) is 41.0. The first kappa shape index (κ1) is 24.6. The Morgan fingerprint density at radius 2 is 1.62 bits per heavy atom. The lowest BCUT2D eigenvalue weighted by Gasteiger charge is -2.16. The van der Waals surface area contributed by atoms with E-state index in [1.807, 2.05) is 0 Å². The van der Waals surface area contributed by atoms with Crippen molar-refractivity contribution < 1.29 is 14.4 Å². The number of carbonyl (C=O) groups is 3. The molecule has 0 saturated heterocycles. The molecular formula is C24H23BrN6O3. The first-order valence-electron chi connectivity index (χ1n) is 10.3. The molecule has 2 aromatic carbocycles. The van der Waals surface area contributed by atoms with Crippen molar-refractivity contribution in [2.24, 2.45) is 5.73 Å². The zero-order valence-corrected chi connectivity index (χ0v) is 19.8. The fraction of sp³-hybridized carbons (Fsp3) is 0.125. The second kappa shape index (κ2) is 11.2. The van der Waals surface area contributed by atoms with Crippen LogP contribution in [0.15, 0.2) is 71.5 Å². The number of nitrogens with zero attached hydrogens (tertiary/aromatic N) is 1. The number of nitrogens with one attached hydrogen (secondary N) is 4. The van der Waals surface area contributed by atoms with Gasteiger partial charge in [0, 0.05) is 33.8 Å². The van der Waals surface area contributed by atoms with Crippen molar-refractivity contribution in [1.82, 2.24) is 10.3 Å². The molecule has 0 aliphatic carbocycles. The van der Waals surface area contributed by atoms with Gasteiger partial charge in [0.1, 0.15) is 12.3 Å². The Bertz CT molecular complexity index is 1220. The highest BCUT2D eigenvalue weighted by Gasteiger charge is 2.16. The predicted octanol–water partition coefficient (Wildman–Crippen LogP) is 3.59. The van der Waals surface area contributed by atoms with Crippen molar-refractivity contribution in [3.8, 4) is 0 Å². The van der Waals surface area contributed by atoms with Crippen LogP contribution in [0.4, 0.5) is 11.4 Å². The molecular weight excluding hydrogens is 500 g/mol. The maximum atomic E-state index is 12.5. The molecule has 0 aliphatic rings. The van der Waals surface area contributed by atoms with Gasteiger partial charge in [-0.1, -0.05) is 6.07 Å². The highest BCUT2D eigenvalue weighted by atomic mass is 79.9. The molecule has 3 aromatic rings. The Kier molecular flexibility index (Phi) is 8.10. The summed E-state index contributed by atoms with van der Waals surface area (Å²) >= 11 is 3.42. The van der Waals surface area contributed by atoms with Crippen molar-refractivity contribution in [3.05, 3.63) is 88.2 Å². The maximum Gasteiger partial charge on any atom is 0.256 e. The third kappa shape index (κ3) is 6.72. The first-order valence-corrected chi connectivity index (χ1v) is 11.1. The fourth-order valence-electron chi connectivity index (χ4n) is 3.08. The highest BCUT2D eigenvalue weighted by molar-refractivity contribution is 9.10. The molecule has 1 heterocycles. The molecule has 3 rings (SSSR count). The molecule has 0 bridgehead atoms. The number of anilines is 2. The monoisotopic (exact) mass is 522 g/mol. The van der Waals surface area contributed by atoms with E-state index < -0.39 is 11.8 Å². The summed E-state index contributed by atoms with van der Waals surface area (Å²) in [6.45, 7) is 1.79. The number of nitrogens with two attached hydrogens (primary N) is 1. The second-order valence-corrected chi connectivity index (χ2v) is 8.29. The number of nitrogen functional groups attached to an aromatic ring is 1. The Morgan fingerprint density at radius 1 is 0.971 bits per heavy atom. The third-order valence-electron chi connectivity index (χ3n) is 4.85. The minimum Gasteiger partial charge on any atom is -0.384 e. The fourth-order valence-corrected chi connectivity index (χ4v) is 3.66. The molecule has 1 aromatic heterocycles. The van der Waals surface area contributed by atoms with Gasteiger partial charge in [-0.15, -0.1) is 0 Å². The van der Waals surface area contributed by atoms with E-state index in [-0.39, 0.29) is 24.2 Å². The summed E-state index contributed by atoms with van der Waals surface area (Å²) in [5.74, 6) is -1.26. The molecule has 0 fully saturated rings. The van der Waals surface area contributed by atoms with Crippen molar-refractivity contribution >= 4 is 50.9 Å². The molecule has 6 N–H and O–H groups in total. The molecule has 0 spiro atoms. The van der Waals surface area contributed by atoms with Crippen molar-refractivity contribution in [3.63, 3.8) is 0 Å². The zero-order chi connectivity index (χ0) is 24.7. The van der Waals surface area contributed by atoms with E-state index in [1.165, 1.54) is 0 Å². The number of rotatable bonds is 8. The lowest BCUT2D eigenvalue weighted by Crippen LogP contribution is -2.30. The molecule has 0 radical (unpaired) electrons. The van der Waals surface area contributed by atoms with E-state index in [1.54, 1.807) is 73.9 Å². The van der Waals surface area contributed by atoms with Crippen molar-refractivity contribution in [1.29, 1.82) is 5.41 Å². The van der Waals surface area contributed by atoms with Crippen molar-refractivity contribution in [2.75, 3.05) is 10.6 Å². The molecule has 3 amide bonds. The van der Waals surface area contributed by atoms with E-state index in [9.17, 15) is 14.4 Å². The summed E-state index contributed by atoms with van der Waals surface area (Å²) in [5.41, 5.74) is 8.28. The number of amides is 3. The number of pyridine rings is 1. The average Bonchev–Trinajstić information content (AvgIpc) is 2.79. The lowest BCUT2D eigenvalue weighted by molar-refractivity contribution is -0.127. The van der Waals surface area contributed by atoms with Crippen LogP contribution >= 0.6 is 15.9 Å². The van der Waals surface area contributed by atoms with E-state index in [2.05, 4.69) is 36.9 Å². The van der Waals surface area contributed by atoms with Gasteiger partial charge in [0.2, 0.25) is 11.8 Å². The maximum absolute atomic E-state index is 12.5. The summed E-state index contributed by atoms with van der Waals surface area (Å²) < 4.78 is 0.574. The van der Waals surface area contributed by atoms with Crippen LogP contribution in [0.25, 0.3) is 0 Å². The lowest BCUT2D eigenvalue weighted by atomic mass is 10.1. The summed E-state index contributed by atoms with van der Waals surface area (Å²) in [5, 5.41) is 15.6. The van der Waals surface area contributed by atoms with Crippen LogP contribution in [0.3, 0.4) is 0 Å². The molecule has 10 heteroatoms. The number of hydrogen-bond donors (Lipinski definition) is 5. The van der Waals surface area contributed by atoms with Gasteiger partial charge in [-0.25, -0.2) is 0 Å². The topological polar surface area (TPSA) is 150 Å². The summed E-state index contributed by atoms with van der Waals surface area (Å²) in [6.07, 6.45) is 2.82. The first-order chi connectivity index (χ1) is 16.2. The Balaban J connectivity index is 1.55. The van der Waals surface area contributed by atoms with Crippen LogP contribution in [-0.4, -0.2) is 28.5 Å². The van der Waals surface area contributed by atoms with Gasteiger partial charge < -0.3 is 21.7 Å². The minimum absolute atomic E-state index is 0.0692. The quantitative estimate of drug-likeness (QED) is 0.174. The Morgan fingerprint density at radius 3 is 2.24 bits per heavy atom. The van der Waals surface area contributed by atoms with Gasteiger partial charge in [-0.2, -0.15) is 0 Å².